The molecule has 1 N–H and O–H groups in total. The fraction of sp³-hybridized carbons (Fsp3) is 0.600. The molecule has 82 valence electrons. The van der Waals surface area contributed by atoms with Gasteiger partial charge in [-0.15, -0.1) is 0 Å². The zero-order chi connectivity index (χ0) is 10.7. The standard InChI is InChI=1S/C10H14N2O2S/c1-2-7-5-9(13)12-10(11-7)8-6-15-4-3-14-8/h5,8H,2-4,6H2,1H3,(H,11,12,13). The molecule has 1 unspecified atom stereocenters. The van der Waals surface area contributed by atoms with Crippen LogP contribution in [0.3, 0.4) is 0 Å². The Morgan fingerprint density at radius 1 is 1.73 bits per heavy atom. The largest absolute Gasteiger partial charge is 0.369 e. The maximum absolute atomic E-state index is 11.4. The minimum Gasteiger partial charge on any atom is -0.369 e. The van der Waals surface area contributed by atoms with Crippen LogP contribution >= 0.6 is 11.8 Å². The summed E-state index contributed by atoms with van der Waals surface area (Å²) < 4.78 is 5.57. The first-order valence-electron chi connectivity index (χ1n) is 5.09. The van der Waals surface area contributed by atoms with Crippen molar-refractivity contribution in [1.29, 1.82) is 0 Å². The molecule has 15 heavy (non-hydrogen) atoms. The van der Waals surface area contributed by atoms with Crippen molar-refractivity contribution >= 4 is 11.8 Å². The van der Waals surface area contributed by atoms with Gasteiger partial charge in [0.15, 0.2) is 0 Å². The van der Waals surface area contributed by atoms with Gasteiger partial charge in [-0.3, -0.25) is 4.79 Å². The molecule has 2 rings (SSSR count). The van der Waals surface area contributed by atoms with Crippen LogP contribution < -0.4 is 5.56 Å². The minimum atomic E-state index is -0.0870. The quantitative estimate of drug-likeness (QED) is 0.821. The van der Waals surface area contributed by atoms with Crippen LogP contribution in [0.4, 0.5) is 0 Å². The van der Waals surface area contributed by atoms with Gasteiger partial charge in [-0.05, 0) is 6.42 Å². The van der Waals surface area contributed by atoms with Gasteiger partial charge < -0.3 is 9.72 Å². The number of aromatic nitrogens is 2. The highest BCUT2D eigenvalue weighted by Crippen LogP contribution is 2.23. The number of H-pyrrole nitrogens is 1. The first-order chi connectivity index (χ1) is 7.29. The predicted octanol–water partition coefficient (Wildman–Crippen LogP) is 1.14. The van der Waals surface area contributed by atoms with E-state index < -0.39 is 0 Å². The Hall–Kier alpha value is -0.810. The average molecular weight is 226 g/mol. The molecule has 0 radical (unpaired) electrons. The Labute approximate surface area is 92.5 Å². The van der Waals surface area contributed by atoms with Crippen LogP contribution in [0.1, 0.15) is 24.5 Å². The van der Waals surface area contributed by atoms with Gasteiger partial charge in [0.2, 0.25) is 0 Å². The maximum Gasteiger partial charge on any atom is 0.251 e. The van der Waals surface area contributed by atoms with Crippen LogP contribution in [-0.4, -0.2) is 28.1 Å². The summed E-state index contributed by atoms with van der Waals surface area (Å²) in [5.74, 6) is 2.57. The van der Waals surface area contributed by atoms with E-state index in [1.807, 2.05) is 18.7 Å². The highest BCUT2D eigenvalue weighted by Gasteiger charge is 2.18. The molecule has 1 aliphatic heterocycles. The fourth-order valence-corrected chi connectivity index (χ4v) is 2.36. The van der Waals surface area contributed by atoms with Gasteiger partial charge in [0.1, 0.15) is 11.9 Å². The molecule has 0 aliphatic carbocycles. The van der Waals surface area contributed by atoms with Crippen LogP contribution in [0.25, 0.3) is 0 Å². The third-order valence-corrected chi connectivity index (χ3v) is 3.29. The van der Waals surface area contributed by atoms with Gasteiger partial charge in [-0.1, -0.05) is 6.92 Å². The molecule has 1 fully saturated rings. The van der Waals surface area contributed by atoms with E-state index in [0.717, 1.165) is 30.2 Å². The normalized spacial score (nSPS) is 21.5. The van der Waals surface area contributed by atoms with E-state index in [4.69, 9.17) is 4.74 Å². The molecule has 0 spiro atoms. The molecule has 1 atom stereocenters. The molecule has 1 aromatic rings. The number of ether oxygens (including phenoxy) is 1. The summed E-state index contributed by atoms with van der Waals surface area (Å²) in [6.07, 6.45) is 0.722. The van der Waals surface area contributed by atoms with Gasteiger partial charge in [-0.25, -0.2) is 4.98 Å². The van der Waals surface area contributed by atoms with Crippen LogP contribution in [0.2, 0.25) is 0 Å². The summed E-state index contributed by atoms with van der Waals surface area (Å²) in [4.78, 5) is 18.5. The molecular weight excluding hydrogens is 212 g/mol. The lowest BCUT2D eigenvalue weighted by atomic mass is 10.3. The van der Waals surface area contributed by atoms with Gasteiger partial charge in [0.05, 0.1) is 6.61 Å². The summed E-state index contributed by atoms with van der Waals surface area (Å²) in [6.45, 7) is 2.72. The number of rotatable bonds is 2. The lowest BCUT2D eigenvalue weighted by Gasteiger charge is -2.21. The Morgan fingerprint density at radius 2 is 2.60 bits per heavy atom. The lowest BCUT2D eigenvalue weighted by molar-refractivity contribution is 0.0691. The maximum atomic E-state index is 11.4. The molecule has 1 aliphatic rings. The minimum absolute atomic E-state index is 0.0528. The van der Waals surface area contributed by atoms with Crippen molar-refractivity contribution in [3.8, 4) is 0 Å². The molecule has 1 saturated heterocycles. The molecule has 4 nitrogen and oxygen atoms in total. The smallest absolute Gasteiger partial charge is 0.251 e. The second kappa shape index (κ2) is 4.81. The van der Waals surface area contributed by atoms with E-state index in [2.05, 4.69) is 9.97 Å². The second-order valence-corrected chi connectivity index (χ2v) is 4.56. The van der Waals surface area contributed by atoms with E-state index in [9.17, 15) is 4.79 Å². The molecule has 1 aromatic heterocycles. The first-order valence-corrected chi connectivity index (χ1v) is 6.24. The molecule has 2 heterocycles. The van der Waals surface area contributed by atoms with Crippen LogP contribution in [0, 0.1) is 0 Å². The van der Waals surface area contributed by atoms with E-state index in [-0.39, 0.29) is 11.7 Å². The number of hydrogen-bond acceptors (Lipinski definition) is 4. The molecule has 0 amide bonds. The number of nitrogens with zero attached hydrogens (tertiary/aromatic N) is 1. The van der Waals surface area contributed by atoms with Crippen molar-refractivity contribution < 1.29 is 4.74 Å². The number of hydrogen-bond donors (Lipinski definition) is 1. The van der Waals surface area contributed by atoms with Crippen LogP contribution in [-0.2, 0) is 11.2 Å². The molecule has 5 heteroatoms. The third-order valence-electron chi connectivity index (χ3n) is 2.30. The predicted molar refractivity (Wildman–Crippen MR) is 60.3 cm³/mol. The highest BCUT2D eigenvalue weighted by molar-refractivity contribution is 7.99. The zero-order valence-electron chi connectivity index (χ0n) is 8.66. The van der Waals surface area contributed by atoms with Crippen molar-refractivity contribution in [3.05, 3.63) is 27.9 Å². The fourth-order valence-electron chi connectivity index (χ4n) is 1.51. The van der Waals surface area contributed by atoms with Crippen molar-refractivity contribution in [2.75, 3.05) is 18.1 Å². The van der Waals surface area contributed by atoms with E-state index in [1.54, 1.807) is 6.07 Å². The van der Waals surface area contributed by atoms with Gasteiger partial charge in [-0.2, -0.15) is 11.8 Å². The topological polar surface area (TPSA) is 55.0 Å². The molecule has 0 bridgehead atoms. The van der Waals surface area contributed by atoms with Crippen molar-refractivity contribution in [3.63, 3.8) is 0 Å². The molecule has 0 aromatic carbocycles. The zero-order valence-corrected chi connectivity index (χ0v) is 9.47. The first kappa shape index (κ1) is 10.7. The Morgan fingerprint density at radius 3 is 3.27 bits per heavy atom. The summed E-state index contributed by atoms with van der Waals surface area (Å²) >= 11 is 1.83. The Balaban J connectivity index is 2.26. The number of nitrogens with one attached hydrogen (secondary N) is 1. The number of thioether (sulfide) groups is 1. The lowest BCUT2D eigenvalue weighted by Crippen LogP contribution is -2.22. The average Bonchev–Trinajstić information content (AvgIpc) is 2.29. The summed E-state index contributed by atoms with van der Waals surface area (Å²) in [5.41, 5.74) is 0.740. The summed E-state index contributed by atoms with van der Waals surface area (Å²) in [6, 6.07) is 1.54. The van der Waals surface area contributed by atoms with Crippen molar-refractivity contribution in [2.24, 2.45) is 0 Å². The number of aryl methyl sites for hydroxylation is 1. The van der Waals surface area contributed by atoms with E-state index in [0.29, 0.717) is 5.82 Å². The van der Waals surface area contributed by atoms with E-state index >= 15 is 0 Å². The van der Waals surface area contributed by atoms with Crippen LogP contribution in [0.5, 0.6) is 0 Å². The SMILES string of the molecule is CCc1cc(=O)[nH]c(C2CSCCO2)n1. The Kier molecular flexibility index (Phi) is 3.43. The van der Waals surface area contributed by atoms with Crippen molar-refractivity contribution in [1.82, 2.24) is 9.97 Å². The highest BCUT2D eigenvalue weighted by atomic mass is 32.2. The van der Waals surface area contributed by atoms with Gasteiger partial charge >= 0.3 is 0 Å². The summed E-state index contributed by atoms with van der Waals surface area (Å²) in [7, 11) is 0. The van der Waals surface area contributed by atoms with Crippen LogP contribution in [0.15, 0.2) is 10.9 Å². The van der Waals surface area contributed by atoms with Gasteiger partial charge in [0.25, 0.3) is 5.56 Å². The molecule has 0 saturated carbocycles. The van der Waals surface area contributed by atoms with Gasteiger partial charge in [0, 0.05) is 23.3 Å². The Bertz CT molecular complexity index is 385. The van der Waals surface area contributed by atoms with E-state index in [1.165, 1.54) is 0 Å². The van der Waals surface area contributed by atoms with Crippen molar-refractivity contribution in [2.45, 2.75) is 19.4 Å². The summed E-state index contributed by atoms with van der Waals surface area (Å²) in [5, 5.41) is 0. The monoisotopic (exact) mass is 226 g/mol. The third kappa shape index (κ3) is 2.60. The second-order valence-electron chi connectivity index (χ2n) is 3.41. The molecular formula is C10H14N2O2S. The number of aromatic amines is 1.